The maximum Gasteiger partial charge on any atom is 0.222 e. The molecular formula is C14H23N5O. The molecule has 1 amide bonds. The number of aromatic nitrogens is 3. The van der Waals surface area contributed by atoms with Crippen molar-refractivity contribution in [3.05, 3.63) is 11.6 Å². The molecule has 2 aliphatic rings. The summed E-state index contributed by atoms with van der Waals surface area (Å²) in [5.74, 6) is 1.92. The first-order valence-corrected chi connectivity index (χ1v) is 7.58. The third-order valence-corrected chi connectivity index (χ3v) is 4.51. The molecule has 1 aromatic heterocycles. The van der Waals surface area contributed by atoms with Crippen LogP contribution in [-0.2, 0) is 17.8 Å². The maximum absolute atomic E-state index is 12.2. The largest absolute Gasteiger partial charge is 0.346 e. The van der Waals surface area contributed by atoms with E-state index in [1.807, 2.05) is 6.92 Å². The van der Waals surface area contributed by atoms with Crippen LogP contribution in [0.25, 0.3) is 0 Å². The highest BCUT2D eigenvalue weighted by molar-refractivity contribution is 5.77. The minimum atomic E-state index is -0.295. The number of fused-ring (bicyclic) bond motifs is 1. The molecule has 3 rings (SSSR count). The van der Waals surface area contributed by atoms with Gasteiger partial charge >= 0.3 is 0 Å². The second-order valence-electron chi connectivity index (χ2n) is 6.27. The van der Waals surface area contributed by atoms with Crippen molar-refractivity contribution < 1.29 is 4.79 Å². The summed E-state index contributed by atoms with van der Waals surface area (Å²) in [7, 11) is 0. The summed E-state index contributed by atoms with van der Waals surface area (Å²) in [6.07, 6.45) is 6.70. The highest BCUT2D eigenvalue weighted by atomic mass is 16.1. The Morgan fingerprint density at radius 1 is 1.40 bits per heavy atom. The zero-order valence-corrected chi connectivity index (χ0v) is 12.1. The molecule has 0 radical (unpaired) electrons. The van der Waals surface area contributed by atoms with Gasteiger partial charge in [-0.05, 0) is 26.2 Å². The standard InChI is InChI=1S/C14H23N5O/c1-10(13-18-17-11-5-4-8-19(11)13)16-12(20)9-14(15)6-2-3-7-14/h10H,2-9,15H2,1H3,(H,16,20). The SMILES string of the molecule is CC(NC(=O)CC1(N)CCCC1)c1nnc2n1CCC2. The number of aryl methyl sites for hydroxylation is 1. The van der Waals surface area contributed by atoms with Crippen LogP contribution in [0.1, 0.15) is 63.1 Å². The van der Waals surface area contributed by atoms with Crippen molar-refractivity contribution in [2.24, 2.45) is 5.73 Å². The van der Waals surface area contributed by atoms with Crippen LogP contribution in [0.2, 0.25) is 0 Å². The van der Waals surface area contributed by atoms with Gasteiger partial charge in [-0.2, -0.15) is 0 Å². The average Bonchev–Trinajstić information content (AvgIpc) is 3.03. The topological polar surface area (TPSA) is 85.8 Å². The number of carbonyl (C=O) groups is 1. The predicted molar refractivity (Wildman–Crippen MR) is 74.9 cm³/mol. The first kappa shape index (κ1) is 13.5. The predicted octanol–water partition coefficient (Wildman–Crippen LogP) is 1.06. The number of hydrogen-bond acceptors (Lipinski definition) is 4. The highest BCUT2D eigenvalue weighted by Gasteiger charge is 2.32. The summed E-state index contributed by atoms with van der Waals surface area (Å²) in [6.45, 7) is 2.92. The Morgan fingerprint density at radius 3 is 2.90 bits per heavy atom. The van der Waals surface area contributed by atoms with Crippen molar-refractivity contribution in [1.82, 2.24) is 20.1 Å². The van der Waals surface area contributed by atoms with Crippen molar-refractivity contribution in [1.29, 1.82) is 0 Å². The number of hydrogen-bond donors (Lipinski definition) is 2. The van der Waals surface area contributed by atoms with Gasteiger partial charge in [0.05, 0.1) is 6.04 Å². The van der Waals surface area contributed by atoms with Gasteiger partial charge in [-0.1, -0.05) is 12.8 Å². The van der Waals surface area contributed by atoms with Gasteiger partial charge < -0.3 is 15.6 Å². The van der Waals surface area contributed by atoms with Gasteiger partial charge in [0.25, 0.3) is 0 Å². The van der Waals surface area contributed by atoms with Crippen LogP contribution in [-0.4, -0.2) is 26.2 Å². The zero-order valence-electron chi connectivity index (χ0n) is 12.1. The van der Waals surface area contributed by atoms with Crippen molar-refractivity contribution in [3.8, 4) is 0 Å². The van der Waals surface area contributed by atoms with Crippen LogP contribution in [0.15, 0.2) is 0 Å². The number of rotatable bonds is 4. The van der Waals surface area contributed by atoms with Crippen molar-refractivity contribution in [2.75, 3.05) is 0 Å². The van der Waals surface area contributed by atoms with Crippen LogP contribution in [0.3, 0.4) is 0 Å². The van der Waals surface area contributed by atoms with E-state index in [0.29, 0.717) is 6.42 Å². The van der Waals surface area contributed by atoms with E-state index in [4.69, 9.17) is 5.73 Å². The lowest BCUT2D eigenvalue weighted by Gasteiger charge is -2.23. The Hall–Kier alpha value is -1.43. The quantitative estimate of drug-likeness (QED) is 0.861. The number of amides is 1. The first-order chi connectivity index (χ1) is 9.57. The lowest BCUT2D eigenvalue weighted by molar-refractivity contribution is -0.123. The van der Waals surface area contributed by atoms with E-state index in [9.17, 15) is 4.79 Å². The van der Waals surface area contributed by atoms with Gasteiger partial charge in [0.15, 0.2) is 5.82 Å². The molecule has 6 nitrogen and oxygen atoms in total. The van der Waals surface area contributed by atoms with Gasteiger partial charge in [-0.3, -0.25) is 4.79 Å². The van der Waals surface area contributed by atoms with Crippen molar-refractivity contribution in [2.45, 2.75) is 70.0 Å². The Morgan fingerprint density at radius 2 is 2.15 bits per heavy atom. The summed E-state index contributed by atoms with van der Waals surface area (Å²) < 4.78 is 2.12. The number of carbonyl (C=O) groups excluding carboxylic acids is 1. The minimum absolute atomic E-state index is 0.0252. The summed E-state index contributed by atoms with van der Waals surface area (Å²) in [5, 5.41) is 11.4. The number of nitrogens with zero attached hydrogens (tertiary/aromatic N) is 3. The molecule has 6 heteroatoms. The monoisotopic (exact) mass is 277 g/mol. The molecule has 110 valence electrons. The Bertz CT molecular complexity index is 504. The van der Waals surface area contributed by atoms with E-state index in [0.717, 1.165) is 56.7 Å². The molecule has 1 fully saturated rings. The third-order valence-electron chi connectivity index (χ3n) is 4.51. The fraction of sp³-hybridized carbons (Fsp3) is 0.786. The van der Waals surface area contributed by atoms with Crippen molar-refractivity contribution in [3.63, 3.8) is 0 Å². The van der Waals surface area contributed by atoms with Crippen LogP contribution in [0, 0.1) is 0 Å². The van der Waals surface area contributed by atoms with E-state index in [1.54, 1.807) is 0 Å². The average molecular weight is 277 g/mol. The van der Waals surface area contributed by atoms with Gasteiger partial charge in [0.2, 0.25) is 5.91 Å². The lowest BCUT2D eigenvalue weighted by Crippen LogP contribution is -2.42. The van der Waals surface area contributed by atoms with Gasteiger partial charge in [0.1, 0.15) is 5.82 Å². The summed E-state index contributed by atoms with van der Waals surface area (Å²) in [6, 6.07) is -0.105. The Balaban J connectivity index is 1.60. The fourth-order valence-corrected chi connectivity index (χ4v) is 3.43. The van der Waals surface area contributed by atoms with Crippen LogP contribution in [0.4, 0.5) is 0 Å². The molecule has 0 bridgehead atoms. The maximum atomic E-state index is 12.2. The van der Waals surface area contributed by atoms with E-state index in [2.05, 4.69) is 20.1 Å². The Kier molecular flexibility index (Phi) is 3.50. The van der Waals surface area contributed by atoms with E-state index < -0.39 is 0 Å². The normalized spacial score (nSPS) is 21.7. The second-order valence-corrected chi connectivity index (χ2v) is 6.27. The lowest BCUT2D eigenvalue weighted by atomic mass is 9.94. The number of nitrogens with one attached hydrogen (secondary N) is 1. The van der Waals surface area contributed by atoms with Crippen LogP contribution >= 0.6 is 0 Å². The molecule has 1 saturated carbocycles. The molecule has 0 aromatic carbocycles. The van der Waals surface area contributed by atoms with Crippen molar-refractivity contribution >= 4 is 5.91 Å². The first-order valence-electron chi connectivity index (χ1n) is 7.58. The molecule has 3 N–H and O–H groups in total. The summed E-state index contributed by atoms with van der Waals surface area (Å²) >= 11 is 0. The summed E-state index contributed by atoms with van der Waals surface area (Å²) in [4.78, 5) is 12.2. The van der Waals surface area contributed by atoms with E-state index in [-0.39, 0.29) is 17.5 Å². The van der Waals surface area contributed by atoms with Gasteiger partial charge in [-0.25, -0.2) is 0 Å². The molecular weight excluding hydrogens is 254 g/mol. The molecule has 1 aliphatic heterocycles. The molecule has 1 atom stereocenters. The van der Waals surface area contributed by atoms with E-state index >= 15 is 0 Å². The molecule has 20 heavy (non-hydrogen) atoms. The smallest absolute Gasteiger partial charge is 0.222 e. The second kappa shape index (κ2) is 5.16. The molecule has 1 aromatic rings. The molecule has 2 heterocycles. The molecule has 1 unspecified atom stereocenters. The fourth-order valence-electron chi connectivity index (χ4n) is 3.43. The van der Waals surface area contributed by atoms with E-state index in [1.165, 1.54) is 0 Å². The van der Waals surface area contributed by atoms with Gasteiger partial charge in [-0.15, -0.1) is 10.2 Å². The van der Waals surface area contributed by atoms with Crippen LogP contribution < -0.4 is 11.1 Å². The molecule has 0 spiro atoms. The molecule has 0 saturated heterocycles. The molecule has 1 aliphatic carbocycles. The minimum Gasteiger partial charge on any atom is -0.346 e. The number of nitrogens with two attached hydrogens (primary N) is 1. The summed E-state index contributed by atoms with van der Waals surface area (Å²) in [5.41, 5.74) is 5.96. The highest BCUT2D eigenvalue weighted by Crippen LogP contribution is 2.30. The van der Waals surface area contributed by atoms with Gasteiger partial charge in [0, 0.05) is 24.9 Å². The Labute approximate surface area is 119 Å². The van der Waals surface area contributed by atoms with Crippen LogP contribution in [0.5, 0.6) is 0 Å². The third kappa shape index (κ3) is 2.57. The zero-order chi connectivity index (χ0) is 14.2.